The van der Waals surface area contributed by atoms with Gasteiger partial charge >= 0.3 is 0 Å². The van der Waals surface area contributed by atoms with Gasteiger partial charge in [-0.1, -0.05) is 12.1 Å². The Morgan fingerprint density at radius 3 is 2.88 bits per heavy atom. The van der Waals surface area contributed by atoms with Gasteiger partial charge in [-0.15, -0.1) is 0 Å². The van der Waals surface area contributed by atoms with Crippen molar-refractivity contribution in [2.24, 2.45) is 0 Å². The molecule has 0 unspecified atom stereocenters. The van der Waals surface area contributed by atoms with Crippen LogP contribution in [0.15, 0.2) is 47.1 Å². The molecule has 0 saturated heterocycles. The number of carbonyl (C=O) groups excluding carboxylic acids is 1. The Morgan fingerprint density at radius 2 is 2.08 bits per heavy atom. The Morgan fingerprint density at radius 1 is 1.20 bits per heavy atom. The fourth-order valence-corrected chi connectivity index (χ4v) is 3.70. The number of furan rings is 1. The van der Waals surface area contributed by atoms with Gasteiger partial charge in [-0.25, -0.2) is 9.67 Å². The highest BCUT2D eigenvalue weighted by Gasteiger charge is 2.33. The summed E-state index contributed by atoms with van der Waals surface area (Å²) in [6.45, 7) is 1.88. The molecule has 4 aromatic rings. The molecule has 1 aromatic carbocycles. The molecule has 0 fully saturated rings. The number of aromatic nitrogens is 4. The summed E-state index contributed by atoms with van der Waals surface area (Å²) in [4.78, 5) is 20.6. The van der Waals surface area contributed by atoms with E-state index >= 15 is 0 Å². The van der Waals surface area contributed by atoms with E-state index in [2.05, 4.69) is 15.1 Å². The van der Waals surface area contributed by atoms with Crippen molar-refractivity contribution in [2.45, 2.75) is 25.7 Å². The molecule has 0 spiro atoms. The summed E-state index contributed by atoms with van der Waals surface area (Å²) in [6.07, 6.45) is 2.80. The van der Waals surface area contributed by atoms with Gasteiger partial charge in [0, 0.05) is 18.8 Å². The maximum atomic E-state index is 12.7. The SMILES string of the molecule is Cc1nn(-c2nc3ccccc3[nH]2)c2c1C(=O)C[C@@H](c1ccco1)C2. The van der Waals surface area contributed by atoms with Gasteiger partial charge in [-0.2, -0.15) is 5.10 Å². The van der Waals surface area contributed by atoms with Crippen LogP contribution in [0.3, 0.4) is 0 Å². The first-order chi connectivity index (χ1) is 12.2. The molecule has 1 N–H and O–H groups in total. The predicted molar refractivity (Wildman–Crippen MR) is 92.1 cm³/mol. The molecular weight excluding hydrogens is 316 g/mol. The minimum atomic E-state index is 0.0363. The van der Waals surface area contributed by atoms with Gasteiger partial charge in [0.1, 0.15) is 5.76 Å². The van der Waals surface area contributed by atoms with E-state index in [1.165, 1.54) is 0 Å². The number of hydrogen-bond donors (Lipinski definition) is 1. The van der Waals surface area contributed by atoms with Gasteiger partial charge in [0.25, 0.3) is 0 Å². The minimum Gasteiger partial charge on any atom is -0.469 e. The van der Waals surface area contributed by atoms with E-state index in [-0.39, 0.29) is 11.7 Å². The number of rotatable bonds is 2. The average Bonchev–Trinajstić information content (AvgIpc) is 3.32. The summed E-state index contributed by atoms with van der Waals surface area (Å²) in [5, 5.41) is 4.60. The second-order valence-corrected chi connectivity index (χ2v) is 6.44. The van der Waals surface area contributed by atoms with Crippen LogP contribution >= 0.6 is 0 Å². The Kier molecular flexibility index (Phi) is 2.94. The zero-order valence-electron chi connectivity index (χ0n) is 13.7. The molecule has 25 heavy (non-hydrogen) atoms. The molecule has 0 amide bonds. The number of carbonyl (C=O) groups is 1. The molecule has 0 saturated carbocycles. The Bertz CT molecular complexity index is 1060. The number of H-pyrrole nitrogens is 1. The van der Waals surface area contributed by atoms with E-state index in [4.69, 9.17) is 4.42 Å². The number of aromatic amines is 1. The molecule has 3 aromatic heterocycles. The molecule has 0 bridgehead atoms. The summed E-state index contributed by atoms with van der Waals surface area (Å²) in [7, 11) is 0. The fraction of sp³-hybridized carbons (Fsp3) is 0.211. The maximum absolute atomic E-state index is 12.7. The topological polar surface area (TPSA) is 76.7 Å². The summed E-state index contributed by atoms with van der Waals surface area (Å²) in [6, 6.07) is 11.6. The number of benzene rings is 1. The zero-order chi connectivity index (χ0) is 17.0. The smallest absolute Gasteiger partial charge is 0.229 e. The van der Waals surface area contributed by atoms with E-state index < -0.39 is 0 Å². The molecular formula is C19H16N4O2. The van der Waals surface area contributed by atoms with Crippen molar-refractivity contribution in [3.05, 3.63) is 65.4 Å². The lowest BCUT2D eigenvalue weighted by molar-refractivity contribution is 0.0959. The number of ketones is 1. The first kappa shape index (κ1) is 14.2. The largest absolute Gasteiger partial charge is 0.469 e. The van der Waals surface area contributed by atoms with Crippen LogP contribution in [0.1, 0.15) is 39.8 Å². The second kappa shape index (κ2) is 5.17. The third-order valence-electron chi connectivity index (χ3n) is 4.83. The molecule has 0 radical (unpaired) electrons. The van der Waals surface area contributed by atoms with Crippen molar-refractivity contribution in [1.29, 1.82) is 0 Å². The van der Waals surface area contributed by atoms with Crippen LogP contribution in [0.4, 0.5) is 0 Å². The van der Waals surface area contributed by atoms with Gasteiger partial charge < -0.3 is 9.40 Å². The van der Waals surface area contributed by atoms with Crippen molar-refractivity contribution in [1.82, 2.24) is 19.7 Å². The van der Waals surface area contributed by atoms with Crippen LogP contribution in [0, 0.1) is 6.92 Å². The minimum absolute atomic E-state index is 0.0363. The highest BCUT2D eigenvalue weighted by Crippen LogP contribution is 2.35. The number of Topliss-reactive ketones (excluding diaryl/α,β-unsaturated/α-hetero) is 1. The van der Waals surface area contributed by atoms with E-state index in [0.29, 0.717) is 18.8 Å². The van der Waals surface area contributed by atoms with Gasteiger partial charge in [-0.05, 0) is 31.2 Å². The molecule has 3 heterocycles. The zero-order valence-corrected chi connectivity index (χ0v) is 13.7. The summed E-state index contributed by atoms with van der Waals surface area (Å²) in [5.74, 6) is 1.63. The quantitative estimate of drug-likeness (QED) is 0.609. The number of nitrogens with zero attached hydrogens (tertiary/aromatic N) is 3. The lowest BCUT2D eigenvalue weighted by Gasteiger charge is -2.20. The Hall–Kier alpha value is -3.15. The number of imidazole rings is 1. The maximum Gasteiger partial charge on any atom is 0.229 e. The van der Waals surface area contributed by atoms with Crippen molar-refractivity contribution in [3.63, 3.8) is 0 Å². The van der Waals surface area contributed by atoms with E-state index in [0.717, 1.165) is 33.7 Å². The van der Waals surface area contributed by atoms with Gasteiger partial charge in [-0.3, -0.25) is 4.79 Å². The number of nitrogens with one attached hydrogen (secondary N) is 1. The van der Waals surface area contributed by atoms with Crippen molar-refractivity contribution >= 4 is 16.8 Å². The molecule has 6 nitrogen and oxygen atoms in total. The van der Waals surface area contributed by atoms with Crippen molar-refractivity contribution in [2.75, 3.05) is 0 Å². The van der Waals surface area contributed by atoms with E-state index in [9.17, 15) is 4.79 Å². The number of aryl methyl sites for hydroxylation is 1. The van der Waals surface area contributed by atoms with Gasteiger partial charge in [0.2, 0.25) is 5.95 Å². The Labute approximate surface area is 143 Å². The molecule has 5 rings (SSSR count). The summed E-state index contributed by atoms with van der Waals surface area (Å²) >= 11 is 0. The molecule has 0 aliphatic heterocycles. The van der Waals surface area contributed by atoms with Crippen molar-refractivity contribution in [3.8, 4) is 5.95 Å². The van der Waals surface area contributed by atoms with Crippen LogP contribution in [0.2, 0.25) is 0 Å². The number of fused-ring (bicyclic) bond motifs is 2. The predicted octanol–water partition coefficient (Wildman–Crippen LogP) is 3.56. The molecule has 1 atom stereocenters. The van der Waals surface area contributed by atoms with Crippen LogP contribution in [0.25, 0.3) is 17.0 Å². The molecule has 1 aliphatic rings. The van der Waals surface area contributed by atoms with Crippen LogP contribution in [0.5, 0.6) is 0 Å². The standard InChI is InChI=1S/C19H16N4O2/c1-11-18-15(9-12(10-16(18)24)17-7-4-8-25-17)23(22-11)19-20-13-5-2-3-6-14(13)21-19/h2-8,12H,9-10H2,1H3,(H,20,21)/t12-/m0/s1. The number of hydrogen-bond acceptors (Lipinski definition) is 4. The second-order valence-electron chi connectivity index (χ2n) is 6.44. The van der Waals surface area contributed by atoms with Crippen LogP contribution in [-0.4, -0.2) is 25.5 Å². The highest BCUT2D eigenvalue weighted by atomic mass is 16.3. The average molecular weight is 332 g/mol. The van der Waals surface area contributed by atoms with Gasteiger partial charge in [0.15, 0.2) is 5.78 Å². The first-order valence-electron chi connectivity index (χ1n) is 8.31. The Balaban J connectivity index is 1.65. The molecule has 1 aliphatic carbocycles. The van der Waals surface area contributed by atoms with Crippen molar-refractivity contribution < 1.29 is 9.21 Å². The highest BCUT2D eigenvalue weighted by molar-refractivity contribution is 6.00. The van der Waals surface area contributed by atoms with Crippen LogP contribution < -0.4 is 0 Å². The first-order valence-corrected chi connectivity index (χ1v) is 8.31. The van der Waals surface area contributed by atoms with Crippen LogP contribution in [-0.2, 0) is 6.42 Å². The fourth-order valence-electron chi connectivity index (χ4n) is 3.70. The third-order valence-corrected chi connectivity index (χ3v) is 4.83. The third kappa shape index (κ3) is 2.14. The lowest BCUT2D eigenvalue weighted by Crippen LogP contribution is -2.20. The molecule has 124 valence electrons. The summed E-state index contributed by atoms with van der Waals surface area (Å²) < 4.78 is 7.31. The molecule has 6 heteroatoms. The van der Waals surface area contributed by atoms with E-state index in [1.807, 2.05) is 43.3 Å². The summed E-state index contributed by atoms with van der Waals surface area (Å²) in [5.41, 5.74) is 4.20. The monoisotopic (exact) mass is 332 g/mol. The lowest BCUT2D eigenvalue weighted by atomic mass is 9.84. The van der Waals surface area contributed by atoms with Gasteiger partial charge in [0.05, 0.1) is 34.2 Å². The van der Waals surface area contributed by atoms with E-state index in [1.54, 1.807) is 10.9 Å². The normalized spacial score (nSPS) is 17.2. The number of para-hydroxylation sites is 2.